The van der Waals surface area contributed by atoms with Crippen molar-refractivity contribution in [1.29, 1.82) is 0 Å². The molecular weight excluding hydrogens is 958 g/mol. The first-order valence-corrected chi connectivity index (χ1v) is 23.5. The minimum absolute atomic E-state index is 0. The molecule has 344 valence electrons. The molecule has 0 bridgehead atoms. The zero-order valence-electron chi connectivity index (χ0n) is 32.8. The molecule has 2 amide bonds. The van der Waals surface area contributed by atoms with Crippen molar-refractivity contribution in [2.24, 2.45) is 14.1 Å². The SMILES string of the molecule is C.C.CN1[C@@H](C(=O)Nc2ccc(F)c(Cl)c2)C[C@@H](c2ccc(-c3ncnn3C)s2)NS1(=O)=O.CN1[C@H](C(=O)Nc2ccc(F)c(Cl)c2)C[C@H](c2ccc(-c3ncnn3C)s2)NS1(=O)=O. The number of hydrogen-bond donors (Lipinski definition) is 4. The molecule has 0 saturated carbocycles. The topological polar surface area (TPSA) is 218 Å². The van der Waals surface area contributed by atoms with E-state index in [4.69, 9.17) is 23.2 Å². The first-order chi connectivity index (χ1) is 29.3. The summed E-state index contributed by atoms with van der Waals surface area (Å²) in [6.07, 6.45) is 3.29. The first kappa shape index (κ1) is 50.2. The quantitative estimate of drug-likeness (QED) is 0.132. The van der Waals surface area contributed by atoms with Gasteiger partial charge in [-0.1, -0.05) is 38.1 Å². The van der Waals surface area contributed by atoms with E-state index < -0.39 is 68.0 Å². The number of carbonyl (C=O) groups excluding carboxylic acids is 2. The molecule has 8 rings (SSSR count). The normalized spacial score (nSPS) is 20.5. The number of benzene rings is 2. The molecule has 6 aromatic rings. The van der Waals surface area contributed by atoms with Gasteiger partial charge in [0.2, 0.25) is 11.8 Å². The lowest BCUT2D eigenvalue weighted by atomic mass is 10.1. The molecule has 4 N–H and O–H groups in total. The van der Waals surface area contributed by atoms with E-state index in [1.807, 2.05) is 24.3 Å². The van der Waals surface area contributed by atoms with Gasteiger partial charge in [-0.2, -0.15) is 45.1 Å². The second-order valence-corrected chi connectivity index (χ2v) is 20.5. The highest BCUT2D eigenvalue weighted by Crippen LogP contribution is 2.37. The maximum Gasteiger partial charge on any atom is 0.280 e. The zero-order valence-corrected chi connectivity index (χ0v) is 37.6. The number of rotatable bonds is 8. The Morgan fingerprint density at radius 2 is 1.03 bits per heavy atom. The lowest BCUT2D eigenvalue weighted by Crippen LogP contribution is -2.55. The van der Waals surface area contributed by atoms with E-state index in [0.29, 0.717) is 11.6 Å². The second kappa shape index (κ2) is 20.2. The van der Waals surface area contributed by atoms with Crippen LogP contribution in [0.1, 0.15) is 49.5 Å². The number of hydrogen-bond acceptors (Lipinski definition) is 12. The van der Waals surface area contributed by atoms with Crippen LogP contribution in [-0.4, -0.2) is 93.0 Å². The van der Waals surface area contributed by atoms with Gasteiger partial charge in [-0.3, -0.25) is 9.59 Å². The van der Waals surface area contributed by atoms with Gasteiger partial charge in [0.25, 0.3) is 20.4 Å². The van der Waals surface area contributed by atoms with Crippen LogP contribution in [-0.2, 0) is 44.1 Å². The monoisotopic (exact) mass is 1000 g/mol. The fourth-order valence-electron chi connectivity index (χ4n) is 6.55. The maximum atomic E-state index is 13.4. The molecule has 2 aliphatic rings. The summed E-state index contributed by atoms with van der Waals surface area (Å²) in [5, 5.41) is 13.0. The van der Waals surface area contributed by atoms with Crippen molar-refractivity contribution >= 4 is 89.5 Å². The van der Waals surface area contributed by atoms with Crippen LogP contribution in [0.4, 0.5) is 20.2 Å². The minimum Gasteiger partial charge on any atom is -0.325 e. The van der Waals surface area contributed by atoms with Crippen molar-refractivity contribution in [1.82, 2.24) is 47.6 Å². The number of halogens is 4. The van der Waals surface area contributed by atoms with E-state index in [9.17, 15) is 35.2 Å². The summed E-state index contributed by atoms with van der Waals surface area (Å²) in [7, 11) is -1.61. The van der Waals surface area contributed by atoms with E-state index in [2.05, 4.69) is 40.2 Å². The van der Waals surface area contributed by atoms with E-state index >= 15 is 0 Å². The van der Waals surface area contributed by atoms with Crippen LogP contribution >= 0.6 is 45.9 Å². The molecule has 6 heterocycles. The molecule has 26 heteroatoms. The Kier molecular flexibility index (Phi) is 15.8. The summed E-state index contributed by atoms with van der Waals surface area (Å²) >= 11 is 14.3. The Balaban J connectivity index is 0.000000234. The first-order valence-electron chi connectivity index (χ1n) is 18.2. The third-order valence-corrected chi connectivity index (χ3v) is 16.1. The third-order valence-electron chi connectivity index (χ3n) is 9.92. The van der Waals surface area contributed by atoms with Crippen molar-refractivity contribution in [2.45, 2.75) is 51.9 Å². The van der Waals surface area contributed by atoms with Crippen molar-refractivity contribution in [2.75, 3.05) is 24.7 Å². The molecule has 0 unspecified atom stereocenters. The van der Waals surface area contributed by atoms with Gasteiger partial charge in [0.05, 0.1) is 31.9 Å². The molecule has 2 aliphatic heterocycles. The minimum atomic E-state index is -3.90. The molecule has 0 aliphatic carbocycles. The van der Waals surface area contributed by atoms with Gasteiger partial charge < -0.3 is 10.6 Å². The Hall–Kier alpha value is -4.76. The third kappa shape index (κ3) is 10.8. The maximum absolute atomic E-state index is 13.4. The van der Waals surface area contributed by atoms with E-state index in [0.717, 1.165) is 40.3 Å². The van der Waals surface area contributed by atoms with E-state index in [1.165, 1.54) is 73.7 Å². The summed E-state index contributed by atoms with van der Waals surface area (Å²) in [6.45, 7) is 0. The summed E-state index contributed by atoms with van der Waals surface area (Å²) < 4.78 is 87.8. The molecule has 18 nitrogen and oxygen atoms in total. The zero-order chi connectivity index (χ0) is 44.7. The smallest absolute Gasteiger partial charge is 0.280 e. The summed E-state index contributed by atoms with van der Waals surface area (Å²) in [6, 6.07) is 11.7. The van der Waals surface area contributed by atoms with Crippen molar-refractivity contribution in [3.8, 4) is 21.4 Å². The molecule has 64 heavy (non-hydrogen) atoms. The lowest BCUT2D eigenvalue weighted by molar-refractivity contribution is -0.120. The van der Waals surface area contributed by atoms with Gasteiger partial charge in [0.1, 0.15) is 36.4 Å². The number of carbonyl (C=O) groups is 2. The Morgan fingerprint density at radius 1 is 0.656 bits per heavy atom. The molecule has 0 radical (unpaired) electrons. The predicted molar refractivity (Wildman–Crippen MR) is 244 cm³/mol. The molecule has 0 spiro atoms. The fraction of sp³-hybridized carbons (Fsp3) is 0.316. The van der Waals surface area contributed by atoms with Gasteiger partial charge in [-0.15, -0.1) is 22.7 Å². The number of nitrogens with one attached hydrogen (secondary N) is 4. The van der Waals surface area contributed by atoms with Crippen molar-refractivity contribution in [3.05, 3.63) is 105 Å². The standard InChI is InChI=1S/2C18H18ClFN6O3S2.2CH4/c2*1-25-17(21-9-22-25)16-6-5-15(30-16)13-8-14(26(2)31(28,29)24-13)18(27)23-10-3-4-12(20)11(19)7-10;;/h2*3-7,9,13-14,24H,8H2,1-2H3,(H,23,27);2*1H4/t2*13-,14+;;/m10../s1. The van der Waals surface area contributed by atoms with Crippen LogP contribution in [0.2, 0.25) is 10.0 Å². The van der Waals surface area contributed by atoms with Crippen molar-refractivity contribution in [3.63, 3.8) is 0 Å². The second-order valence-electron chi connectivity index (χ2n) is 13.9. The molecule has 2 saturated heterocycles. The van der Waals surface area contributed by atoms with Crippen LogP contribution < -0.4 is 20.1 Å². The molecule has 2 fully saturated rings. The average molecular weight is 1000 g/mol. The predicted octanol–water partition coefficient (Wildman–Crippen LogP) is 6.38. The van der Waals surface area contributed by atoms with Gasteiger partial charge in [0.15, 0.2) is 11.6 Å². The van der Waals surface area contributed by atoms with Crippen LogP contribution in [0.3, 0.4) is 0 Å². The van der Waals surface area contributed by atoms with Crippen molar-refractivity contribution < 1.29 is 35.2 Å². The average Bonchev–Trinajstić information content (AvgIpc) is 4.05. The van der Waals surface area contributed by atoms with Gasteiger partial charge in [0, 0.05) is 49.3 Å². The molecule has 4 atom stereocenters. The van der Waals surface area contributed by atoms with Crippen LogP contribution in [0.5, 0.6) is 0 Å². The Morgan fingerprint density at radius 3 is 1.36 bits per heavy atom. The summed E-state index contributed by atoms with van der Waals surface area (Å²) in [5.74, 6) is -0.977. The number of amides is 2. The summed E-state index contributed by atoms with van der Waals surface area (Å²) in [4.78, 5) is 37.3. The number of aromatic nitrogens is 6. The largest absolute Gasteiger partial charge is 0.325 e. The number of thiophene rings is 2. The van der Waals surface area contributed by atoms with Crippen LogP contribution in [0.25, 0.3) is 21.4 Å². The Bertz CT molecular complexity index is 2680. The van der Waals surface area contributed by atoms with Crippen LogP contribution in [0, 0.1) is 11.6 Å². The molecular formula is C38H44Cl2F2N12O6S4. The number of anilines is 2. The molecule has 2 aromatic carbocycles. The number of nitrogens with zero attached hydrogens (tertiary/aromatic N) is 8. The highest BCUT2D eigenvalue weighted by atomic mass is 35.5. The van der Waals surface area contributed by atoms with E-state index in [1.54, 1.807) is 23.5 Å². The highest BCUT2D eigenvalue weighted by Gasteiger charge is 2.42. The number of aryl methyl sites for hydroxylation is 2. The van der Waals surface area contributed by atoms with E-state index in [-0.39, 0.29) is 49.1 Å². The number of likely N-dealkylation sites (N-methyl/N-ethyl adjacent to an activating group) is 2. The van der Waals surface area contributed by atoms with Gasteiger partial charge >= 0.3 is 0 Å². The van der Waals surface area contributed by atoms with Gasteiger partial charge in [-0.05, 0) is 73.5 Å². The Labute approximate surface area is 387 Å². The van der Waals surface area contributed by atoms with Gasteiger partial charge in [-0.25, -0.2) is 28.1 Å². The van der Waals surface area contributed by atoms with Crippen LogP contribution in [0.15, 0.2) is 73.3 Å². The lowest BCUT2D eigenvalue weighted by Gasteiger charge is -2.35. The highest BCUT2D eigenvalue weighted by molar-refractivity contribution is 7.87. The fourth-order valence-corrected chi connectivity index (χ4v) is 11.8. The summed E-state index contributed by atoms with van der Waals surface area (Å²) in [5.41, 5.74) is 0.552. The molecule has 4 aromatic heterocycles.